The summed E-state index contributed by atoms with van der Waals surface area (Å²) in [5, 5.41) is 3.01. The van der Waals surface area contributed by atoms with Crippen LogP contribution in [0.5, 0.6) is 5.75 Å². The summed E-state index contributed by atoms with van der Waals surface area (Å²) in [7, 11) is 0.784. The van der Waals surface area contributed by atoms with Crippen LogP contribution >= 0.6 is 0 Å². The Morgan fingerprint density at radius 1 is 1.47 bits per heavy atom. The number of nitrogens with zero attached hydrogens (tertiary/aromatic N) is 1. The Hall–Kier alpha value is -1.56. The lowest BCUT2D eigenvalue weighted by molar-refractivity contribution is 0.415. The predicted octanol–water partition coefficient (Wildman–Crippen LogP) is 1.33. The number of benzene rings is 1. The van der Waals surface area contributed by atoms with E-state index in [0.717, 1.165) is 24.3 Å². The fraction of sp³-hybridized carbons (Fsp3) is 0.462. The van der Waals surface area contributed by atoms with Crippen molar-refractivity contribution in [2.45, 2.75) is 17.6 Å². The molecule has 0 saturated heterocycles. The van der Waals surface area contributed by atoms with Crippen molar-refractivity contribution in [1.82, 2.24) is 0 Å². The maximum absolute atomic E-state index is 11.5. The van der Waals surface area contributed by atoms with Crippen LogP contribution in [0.4, 0.5) is 5.69 Å². The highest BCUT2D eigenvalue weighted by atomic mass is 32.2. The highest BCUT2D eigenvalue weighted by Crippen LogP contribution is 2.41. The van der Waals surface area contributed by atoms with Gasteiger partial charge in [-0.05, 0) is 37.1 Å². The van der Waals surface area contributed by atoms with E-state index in [-0.39, 0.29) is 4.75 Å². The van der Waals surface area contributed by atoms with Gasteiger partial charge in [-0.25, -0.2) is 0 Å². The van der Waals surface area contributed by atoms with Crippen LogP contribution in [0, 0.1) is 0 Å². The molecule has 0 bridgehead atoms. The third-order valence-electron chi connectivity index (χ3n) is 3.32. The van der Waals surface area contributed by atoms with Crippen molar-refractivity contribution >= 4 is 22.4 Å². The third-order valence-corrected chi connectivity index (χ3v) is 5.07. The highest BCUT2D eigenvalue weighted by molar-refractivity contribution is 7.86. The van der Waals surface area contributed by atoms with E-state index < -0.39 is 10.8 Å². The van der Waals surface area contributed by atoms with Crippen molar-refractivity contribution < 1.29 is 8.95 Å². The van der Waals surface area contributed by atoms with Gasteiger partial charge in [0.1, 0.15) is 5.75 Å². The standard InChI is InChI=1S/C13H19N3O2S/c1-18-11-5-3-10(4-6-11)16-12(14)15-9-13(7-8-13)19(2)17/h3-6H,7-9H2,1-2H3,(H3,14,15,16). The molecule has 0 aromatic heterocycles. The summed E-state index contributed by atoms with van der Waals surface area (Å²) in [6, 6.07) is 7.43. The van der Waals surface area contributed by atoms with E-state index in [0.29, 0.717) is 12.5 Å². The second kappa shape index (κ2) is 5.61. The molecule has 1 aliphatic carbocycles. The summed E-state index contributed by atoms with van der Waals surface area (Å²) in [6.07, 6.45) is 3.67. The van der Waals surface area contributed by atoms with Gasteiger partial charge in [-0.2, -0.15) is 0 Å². The molecular weight excluding hydrogens is 262 g/mol. The first-order chi connectivity index (χ1) is 9.05. The van der Waals surface area contributed by atoms with E-state index in [9.17, 15) is 4.21 Å². The van der Waals surface area contributed by atoms with E-state index in [1.54, 1.807) is 13.4 Å². The number of anilines is 1. The number of guanidine groups is 1. The molecule has 1 atom stereocenters. The third kappa shape index (κ3) is 3.47. The van der Waals surface area contributed by atoms with Crippen molar-refractivity contribution in [1.29, 1.82) is 0 Å². The fourth-order valence-corrected chi connectivity index (χ4v) is 2.69. The van der Waals surface area contributed by atoms with Crippen LogP contribution in [0.3, 0.4) is 0 Å². The lowest BCUT2D eigenvalue weighted by Gasteiger charge is -2.10. The van der Waals surface area contributed by atoms with Crippen molar-refractivity contribution in [3.8, 4) is 5.75 Å². The molecule has 0 aliphatic heterocycles. The summed E-state index contributed by atoms with van der Waals surface area (Å²) in [5.74, 6) is 1.14. The fourth-order valence-electron chi connectivity index (χ4n) is 1.77. The molecule has 1 unspecified atom stereocenters. The number of aliphatic imine (C=N–C) groups is 1. The zero-order valence-electron chi connectivity index (χ0n) is 11.2. The largest absolute Gasteiger partial charge is 0.497 e. The van der Waals surface area contributed by atoms with Gasteiger partial charge in [0.2, 0.25) is 0 Å². The SMILES string of the molecule is COc1ccc(NC(N)=NCC2(S(C)=O)CC2)cc1. The van der Waals surface area contributed by atoms with Gasteiger partial charge in [0.05, 0.1) is 18.4 Å². The molecule has 1 fully saturated rings. The number of ether oxygens (including phenoxy) is 1. The quantitative estimate of drug-likeness (QED) is 0.630. The van der Waals surface area contributed by atoms with Crippen molar-refractivity contribution in [3.05, 3.63) is 24.3 Å². The molecule has 1 aromatic carbocycles. The Morgan fingerprint density at radius 2 is 2.11 bits per heavy atom. The van der Waals surface area contributed by atoms with Crippen LogP contribution in [0.1, 0.15) is 12.8 Å². The Morgan fingerprint density at radius 3 is 2.58 bits per heavy atom. The first-order valence-electron chi connectivity index (χ1n) is 6.10. The van der Waals surface area contributed by atoms with Crippen LogP contribution in [0.2, 0.25) is 0 Å². The molecule has 5 nitrogen and oxygen atoms in total. The van der Waals surface area contributed by atoms with Crippen molar-refractivity contribution in [3.63, 3.8) is 0 Å². The van der Waals surface area contributed by atoms with Gasteiger partial charge in [-0.1, -0.05) is 0 Å². The Bertz CT molecular complexity index is 495. The molecule has 1 aliphatic rings. The first-order valence-corrected chi connectivity index (χ1v) is 7.66. The minimum Gasteiger partial charge on any atom is -0.497 e. The van der Waals surface area contributed by atoms with E-state index in [4.69, 9.17) is 10.5 Å². The molecule has 1 saturated carbocycles. The normalized spacial score (nSPS) is 18.7. The molecule has 19 heavy (non-hydrogen) atoms. The van der Waals surface area contributed by atoms with Crippen LogP contribution in [0.15, 0.2) is 29.3 Å². The van der Waals surface area contributed by atoms with E-state index in [1.807, 2.05) is 24.3 Å². The van der Waals surface area contributed by atoms with Gasteiger partial charge in [-0.3, -0.25) is 9.20 Å². The van der Waals surface area contributed by atoms with Gasteiger partial charge >= 0.3 is 0 Å². The average molecular weight is 281 g/mol. The Balaban J connectivity index is 1.92. The summed E-state index contributed by atoms with van der Waals surface area (Å²) in [6.45, 7) is 0.519. The molecule has 0 radical (unpaired) electrons. The molecule has 2 rings (SSSR count). The van der Waals surface area contributed by atoms with Crippen molar-refractivity contribution in [2.75, 3.05) is 25.2 Å². The van der Waals surface area contributed by atoms with Crippen LogP contribution in [-0.2, 0) is 10.8 Å². The summed E-state index contributed by atoms with van der Waals surface area (Å²) < 4.78 is 16.5. The Kier molecular flexibility index (Phi) is 4.09. The number of methoxy groups -OCH3 is 1. The monoisotopic (exact) mass is 281 g/mol. The van der Waals surface area contributed by atoms with Gasteiger partial charge < -0.3 is 15.8 Å². The predicted molar refractivity (Wildman–Crippen MR) is 79.1 cm³/mol. The number of hydrogen-bond donors (Lipinski definition) is 2. The van der Waals surface area contributed by atoms with E-state index in [1.165, 1.54) is 0 Å². The maximum Gasteiger partial charge on any atom is 0.193 e. The Labute approximate surface area is 115 Å². The number of hydrogen-bond acceptors (Lipinski definition) is 3. The average Bonchev–Trinajstić information content (AvgIpc) is 3.18. The topological polar surface area (TPSA) is 76.7 Å². The second-order valence-electron chi connectivity index (χ2n) is 4.69. The minimum atomic E-state index is -0.839. The van der Waals surface area contributed by atoms with Crippen LogP contribution in [0.25, 0.3) is 0 Å². The smallest absolute Gasteiger partial charge is 0.193 e. The van der Waals surface area contributed by atoms with Gasteiger partial charge in [0, 0.05) is 22.7 Å². The summed E-state index contributed by atoms with van der Waals surface area (Å²) in [4.78, 5) is 4.28. The number of rotatable bonds is 5. The van der Waals surface area contributed by atoms with Crippen molar-refractivity contribution in [2.24, 2.45) is 10.7 Å². The molecule has 1 aromatic rings. The van der Waals surface area contributed by atoms with E-state index in [2.05, 4.69) is 10.3 Å². The first kappa shape index (κ1) is 13.9. The van der Waals surface area contributed by atoms with Gasteiger partial charge in [0.25, 0.3) is 0 Å². The van der Waals surface area contributed by atoms with Crippen LogP contribution in [-0.4, -0.2) is 34.8 Å². The molecular formula is C13H19N3O2S. The lowest BCUT2D eigenvalue weighted by atomic mass is 10.3. The molecule has 0 amide bonds. The molecule has 3 N–H and O–H groups in total. The lowest BCUT2D eigenvalue weighted by Crippen LogP contribution is -2.27. The zero-order valence-corrected chi connectivity index (χ0v) is 12.0. The summed E-state index contributed by atoms with van der Waals surface area (Å²) >= 11 is 0. The number of nitrogens with two attached hydrogens (primary N) is 1. The molecule has 0 spiro atoms. The van der Waals surface area contributed by atoms with Gasteiger partial charge in [0.15, 0.2) is 5.96 Å². The van der Waals surface area contributed by atoms with Gasteiger partial charge in [-0.15, -0.1) is 0 Å². The van der Waals surface area contributed by atoms with E-state index >= 15 is 0 Å². The highest BCUT2D eigenvalue weighted by Gasteiger charge is 2.46. The second-order valence-corrected chi connectivity index (χ2v) is 6.47. The summed E-state index contributed by atoms with van der Waals surface area (Å²) in [5.41, 5.74) is 6.67. The van der Waals surface area contributed by atoms with Crippen LogP contribution < -0.4 is 15.8 Å². The zero-order chi connectivity index (χ0) is 13.9. The minimum absolute atomic E-state index is 0.133. The molecule has 6 heteroatoms. The molecule has 0 heterocycles. The molecule has 104 valence electrons. The maximum atomic E-state index is 11.5. The number of nitrogens with one attached hydrogen (secondary N) is 1.